The van der Waals surface area contributed by atoms with Gasteiger partial charge in [-0.05, 0) is 37.6 Å². The van der Waals surface area contributed by atoms with E-state index in [2.05, 4.69) is 37.2 Å². The highest BCUT2D eigenvalue weighted by atomic mass is 19.1. The maximum absolute atomic E-state index is 14.7. The Bertz CT molecular complexity index is 1370. The van der Waals surface area contributed by atoms with Crippen molar-refractivity contribution >= 4 is 39.7 Å². The average Bonchev–Trinajstić information content (AvgIpc) is 3.26. The van der Waals surface area contributed by atoms with Crippen LogP contribution in [0.4, 0.5) is 15.8 Å². The Morgan fingerprint density at radius 1 is 1.33 bits per heavy atom. The number of fused-ring (bicyclic) bond motifs is 1. The van der Waals surface area contributed by atoms with Crippen LogP contribution in [0.25, 0.3) is 10.9 Å². The fraction of sp³-hybridized carbons (Fsp3) is 0.308. The quantitative estimate of drug-likeness (QED) is 0.407. The summed E-state index contributed by atoms with van der Waals surface area (Å²) in [7, 11) is 3.31. The highest BCUT2D eigenvalue weighted by Crippen LogP contribution is 2.37. The predicted octanol–water partition coefficient (Wildman–Crippen LogP) is 3.43. The Labute approximate surface area is 209 Å². The standard InChI is InChI=1S/C26H30FN7O2/c1-6-29-25(22-19(27)8-7-9-21(22)36-5)30-17(3)26(35)31-20-14-16(2)23-18(15-33(4)32-23)24(20)34-12-10-28-11-13-34/h6-9,14-15,28H,1,10-13H2,2-5H3,(H,31,35)/b29-25-,30-17+. The molecule has 0 saturated carbocycles. The van der Waals surface area contributed by atoms with Crippen LogP contribution in [-0.2, 0) is 11.8 Å². The van der Waals surface area contributed by atoms with Gasteiger partial charge in [0, 0.05) is 51.0 Å². The Kier molecular flexibility index (Phi) is 7.44. The van der Waals surface area contributed by atoms with Crippen LogP contribution < -0.4 is 20.3 Å². The van der Waals surface area contributed by atoms with E-state index in [4.69, 9.17) is 4.74 Å². The van der Waals surface area contributed by atoms with Crippen LogP contribution >= 0.6 is 0 Å². The van der Waals surface area contributed by atoms with Gasteiger partial charge in [-0.2, -0.15) is 5.10 Å². The number of nitrogens with zero attached hydrogens (tertiary/aromatic N) is 5. The molecule has 10 heteroatoms. The van der Waals surface area contributed by atoms with Gasteiger partial charge in [-0.15, -0.1) is 0 Å². The molecule has 0 aliphatic carbocycles. The zero-order valence-corrected chi connectivity index (χ0v) is 20.9. The molecule has 2 N–H and O–H groups in total. The first kappa shape index (κ1) is 25.1. The fourth-order valence-corrected chi connectivity index (χ4v) is 4.33. The first-order valence-corrected chi connectivity index (χ1v) is 11.6. The van der Waals surface area contributed by atoms with E-state index in [1.165, 1.54) is 25.4 Å². The van der Waals surface area contributed by atoms with Gasteiger partial charge >= 0.3 is 0 Å². The zero-order chi connectivity index (χ0) is 25.8. The third-order valence-electron chi connectivity index (χ3n) is 5.99. The van der Waals surface area contributed by atoms with Crippen LogP contribution in [0.5, 0.6) is 5.75 Å². The van der Waals surface area contributed by atoms with Gasteiger partial charge in [0.1, 0.15) is 17.3 Å². The highest BCUT2D eigenvalue weighted by Gasteiger charge is 2.23. The number of carbonyl (C=O) groups excluding carboxylic acids is 1. The van der Waals surface area contributed by atoms with Crippen molar-refractivity contribution in [1.82, 2.24) is 15.1 Å². The maximum atomic E-state index is 14.7. The number of amidine groups is 1. The van der Waals surface area contributed by atoms with Gasteiger partial charge in [-0.3, -0.25) is 9.48 Å². The molecule has 2 aromatic carbocycles. The minimum atomic E-state index is -0.564. The number of ether oxygens (including phenoxy) is 1. The number of halogens is 1. The number of rotatable bonds is 6. The number of benzene rings is 2. The predicted molar refractivity (Wildman–Crippen MR) is 142 cm³/mol. The topological polar surface area (TPSA) is 96.1 Å². The van der Waals surface area contributed by atoms with E-state index in [1.807, 2.05) is 26.2 Å². The number of methoxy groups -OCH3 is 1. The first-order chi connectivity index (χ1) is 17.3. The second-order valence-corrected chi connectivity index (χ2v) is 8.50. The summed E-state index contributed by atoms with van der Waals surface area (Å²) in [6.45, 7) is 10.4. The molecule has 1 fully saturated rings. The van der Waals surface area contributed by atoms with Crippen LogP contribution in [0, 0.1) is 12.7 Å². The molecule has 0 atom stereocenters. The van der Waals surface area contributed by atoms with Gasteiger partial charge in [-0.25, -0.2) is 14.4 Å². The number of nitrogens with one attached hydrogen (secondary N) is 2. The molecular weight excluding hydrogens is 461 g/mol. The second kappa shape index (κ2) is 10.7. The number of aryl methyl sites for hydroxylation is 2. The molecule has 36 heavy (non-hydrogen) atoms. The van der Waals surface area contributed by atoms with E-state index in [0.29, 0.717) is 5.69 Å². The fourth-order valence-electron chi connectivity index (χ4n) is 4.33. The smallest absolute Gasteiger partial charge is 0.269 e. The van der Waals surface area contributed by atoms with Crippen LogP contribution in [0.15, 0.2) is 53.2 Å². The van der Waals surface area contributed by atoms with Gasteiger partial charge in [-0.1, -0.05) is 12.6 Å². The number of hydrogen-bond donors (Lipinski definition) is 2. The number of piperazine rings is 1. The summed E-state index contributed by atoms with van der Waals surface area (Å²) in [5.74, 6) is -0.744. The Hall–Kier alpha value is -4.05. The number of hydrogen-bond acceptors (Lipinski definition) is 6. The lowest BCUT2D eigenvalue weighted by Gasteiger charge is -2.32. The van der Waals surface area contributed by atoms with Crippen LogP contribution in [-0.4, -0.2) is 60.5 Å². The summed E-state index contributed by atoms with van der Waals surface area (Å²) in [6.07, 6.45) is 3.22. The first-order valence-electron chi connectivity index (χ1n) is 11.6. The zero-order valence-electron chi connectivity index (χ0n) is 20.9. The summed E-state index contributed by atoms with van der Waals surface area (Å²) >= 11 is 0. The third-order valence-corrected chi connectivity index (χ3v) is 5.99. The lowest BCUT2D eigenvalue weighted by Crippen LogP contribution is -2.44. The summed E-state index contributed by atoms with van der Waals surface area (Å²) < 4.78 is 21.7. The largest absolute Gasteiger partial charge is 0.496 e. The molecule has 9 nitrogen and oxygen atoms in total. The van der Waals surface area contributed by atoms with Crippen molar-refractivity contribution in [1.29, 1.82) is 0 Å². The van der Waals surface area contributed by atoms with Gasteiger partial charge in [0.05, 0.1) is 29.6 Å². The number of aromatic nitrogens is 2. The van der Waals surface area contributed by atoms with Crippen molar-refractivity contribution in [3.05, 3.63) is 60.2 Å². The van der Waals surface area contributed by atoms with E-state index in [0.717, 1.165) is 48.3 Å². The van der Waals surface area contributed by atoms with E-state index in [-0.39, 0.29) is 22.9 Å². The molecule has 0 spiro atoms. The molecule has 3 aromatic rings. The minimum Gasteiger partial charge on any atom is -0.496 e. The second-order valence-electron chi connectivity index (χ2n) is 8.50. The Balaban J connectivity index is 1.73. The molecule has 0 bridgehead atoms. The minimum absolute atomic E-state index is 0.00572. The molecule has 1 aromatic heterocycles. The maximum Gasteiger partial charge on any atom is 0.269 e. The summed E-state index contributed by atoms with van der Waals surface area (Å²) in [6, 6.07) is 6.35. The molecule has 1 saturated heterocycles. The van der Waals surface area contributed by atoms with Crippen LogP contribution in [0.2, 0.25) is 0 Å². The van der Waals surface area contributed by atoms with Gasteiger partial charge < -0.3 is 20.3 Å². The van der Waals surface area contributed by atoms with Crippen molar-refractivity contribution in [2.75, 3.05) is 43.5 Å². The highest BCUT2D eigenvalue weighted by molar-refractivity contribution is 6.44. The van der Waals surface area contributed by atoms with Gasteiger partial charge in [0.2, 0.25) is 0 Å². The van der Waals surface area contributed by atoms with Gasteiger partial charge in [0.25, 0.3) is 5.91 Å². The Morgan fingerprint density at radius 2 is 2.08 bits per heavy atom. The van der Waals surface area contributed by atoms with Gasteiger partial charge in [0.15, 0.2) is 5.84 Å². The monoisotopic (exact) mass is 491 g/mol. The van der Waals surface area contributed by atoms with E-state index < -0.39 is 11.7 Å². The van der Waals surface area contributed by atoms with Crippen LogP contribution in [0.1, 0.15) is 18.1 Å². The SMILES string of the molecule is C=C/N=C(\N=C(/C)C(=O)Nc1cc(C)c2nn(C)cc2c1N1CCNCC1)c1c(F)cccc1OC. The molecule has 188 valence electrons. The molecule has 0 unspecified atom stereocenters. The number of amides is 1. The molecule has 1 aliphatic heterocycles. The molecule has 1 aliphatic rings. The van der Waals surface area contributed by atoms with Crippen molar-refractivity contribution in [2.45, 2.75) is 13.8 Å². The summed E-state index contributed by atoms with van der Waals surface area (Å²) in [4.78, 5) is 24.0. The average molecular weight is 492 g/mol. The summed E-state index contributed by atoms with van der Waals surface area (Å²) in [5, 5.41) is 12.0. The van der Waals surface area contributed by atoms with E-state index >= 15 is 0 Å². The van der Waals surface area contributed by atoms with E-state index in [1.54, 1.807) is 17.7 Å². The molecular formula is C26H30FN7O2. The third kappa shape index (κ3) is 4.99. The van der Waals surface area contributed by atoms with E-state index in [9.17, 15) is 9.18 Å². The summed E-state index contributed by atoms with van der Waals surface area (Å²) in [5.41, 5.74) is 3.58. The lowest BCUT2D eigenvalue weighted by atomic mass is 10.1. The number of carbonyl (C=O) groups is 1. The molecule has 4 rings (SSSR count). The van der Waals surface area contributed by atoms with Crippen LogP contribution in [0.3, 0.4) is 0 Å². The van der Waals surface area contributed by atoms with Crippen molar-refractivity contribution in [3.8, 4) is 5.75 Å². The van der Waals surface area contributed by atoms with Crippen molar-refractivity contribution < 1.29 is 13.9 Å². The Morgan fingerprint density at radius 3 is 2.78 bits per heavy atom. The normalized spacial score (nSPS) is 14.8. The number of aliphatic imine (C=N–C) groups is 2. The lowest BCUT2D eigenvalue weighted by molar-refractivity contribution is -0.110. The van der Waals surface area contributed by atoms with Crippen molar-refractivity contribution in [3.63, 3.8) is 0 Å². The van der Waals surface area contributed by atoms with Crippen molar-refractivity contribution in [2.24, 2.45) is 17.0 Å². The molecule has 0 radical (unpaired) electrons. The molecule has 2 heterocycles. The molecule has 1 amide bonds. The number of anilines is 2.